The number of nitrogens with zero attached hydrogens (tertiary/aromatic N) is 6. The molecule has 2 fully saturated rings. The summed E-state index contributed by atoms with van der Waals surface area (Å²) in [6.07, 6.45) is 8.20. The molecule has 4 heterocycles. The number of methoxy groups -OCH3 is 1. The van der Waals surface area contributed by atoms with Gasteiger partial charge in [-0.1, -0.05) is 18.1 Å². The maximum absolute atomic E-state index is 5.76. The molecule has 3 aliphatic heterocycles. The minimum atomic E-state index is 0.353. The van der Waals surface area contributed by atoms with E-state index < -0.39 is 0 Å². The summed E-state index contributed by atoms with van der Waals surface area (Å²) in [6, 6.07) is 6.66. The van der Waals surface area contributed by atoms with Gasteiger partial charge in [0.2, 0.25) is 0 Å². The van der Waals surface area contributed by atoms with Crippen LogP contribution < -0.4 is 4.74 Å². The lowest BCUT2D eigenvalue weighted by atomic mass is 9.98. The van der Waals surface area contributed by atoms with Crippen molar-refractivity contribution in [1.82, 2.24) is 24.3 Å². The number of hydrogen-bond donors (Lipinski definition) is 0. The Balaban J connectivity index is 1.32. The SMILES string of the molecule is CCN1CCN(C[C@H]2CON=C3/C(=C/c4ccc(-n5cnc(C)c5)c(OC)c4)CCCN32)CC1. The third-order valence-corrected chi connectivity index (χ3v) is 7.18. The zero-order valence-electron chi connectivity index (χ0n) is 20.6. The minimum absolute atomic E-state index is 0.353. The van der Waals surface area contributed by atoms with Crippen LogP contribution in [0.5, 0.6) is 5.75 Å². The van der Waals surface area contributed by atoms with E-state index in [2.05, 4.69) is 56.0 Å². The molecule has 0 aliphatic carbocycles. The topological polar surface area (TPSA) is 58.4 Å². The number of imidazole rings is 1. The van der Waals surface area contributed by atoms with Crippen LogP contribution in [-0.4, -0.2) is 95.7 Å². The first-order valence-electron chi connectivity index (χ1n) is 12.5. The van der Waals surface area contributed by atoms with Gasteiger partial charge in [-0.05, 0) is 55.7 Å². The van der Waals surface area contributed by atoms with Crippen molar-refractivity contribution in [2.24, 2.45) is 5.16 Å². The van der Waals surface area contributed by atoms with E-state index in [-0.39, 0.29) is 0 Å². The second-order valence-corrected chi connectivity index (χ2v) is 9.42. The van der Waals surface area contributed by atoms with Crippen molar-refractivity contribution < 1.29 is 9.57 Å². The molecular formula is C26H36N6O2. The Bertz CT molecular complexity index is 1050. The maximum atomic E-state index is 5.76. The smallest absolute Gasteiger partial charge is 0.171 e. The summed E-state index contributed by atoms with van der Waals surface area (Å²) in [5.74, 6) is 1.83. The summed E-state index contributed by atoms with van der Waals surface area (Å²) in [7, 11) is 1.71. The number of oxime groups is 1. The van der Waals surface area contributed by atoms with E-state index >= 15 is 0 Å². The van der Waals surface area contributed by atoms with Gasteiger partial charge in [0.25, 0.3) is 0 Å². The molecule has 0 unspecified atom stereocenters. The van der Waals surface area contributed by atoms with Gasteiger partial charge in [-0.2, -0.15) is 0 Å². The zero-order valence-corrected chi connectivity index (χ0v) is 20.6. The maximum Gasteiger partial charge on any atom is 0.171 e. The van der Waals surface area contributed by atoms with Crippen molar-refractivity contribution in [3.63, 3.8) is 0 Å². The Morgan fingerprint density at radius 3 is 2.71 bits per heavy atom. The third kappa shape index (κ3) is 4.83. The second kappa shape index (κ2) is 10.2. The summed E-state index contributed by atoms with van der Waals surface area (Å²) in [6.45, 7) is 12.7. The Labute approximate surface area is 202 Å². The molecule has 0 bridgehead atoms. The minimum Gasteiger partial charge on any atom is -0.495 e. The number of rotatable bonds is 6. The molecule has 8 nitrogen and oxygen atoms in total. The van der Waals surface area contributed by atoms with Gasteiger partial charge in [-0.15, -0.1) is 0 Å². The molecule has 0 saturated carbocycles. The van der Waals surface area contributed by atoms with E-state index in [4.69, 9.17) is 9.57 Å². The summed E-state index contributed by atoms with van der Waals surface area (Å²) < 4.78 is 7.71. The van der Waals surface area contributed by atoms with Crippen molar-refractivity contribution in [3.8, 4) is 11.4 Å². The summed E-state index contributed by atoms with van der Waals surface area (Å²) in [4.78, 5) is 17.7. The average molecular weight is 465 g/mol. The molecule has 0 spiro atoms. The van der Waals surface area contributed by atoms with E-state index in [1.807, 2.05) is 24.0 Å². The molecule has 3 aliphatic rings. The predicted octanol–water partition coefficient (Wildman–Crippen LogP) is 3.02. The quantitative estimate of drug-likeness (QED) is 0.655. The molecule has 5 rings (SSSR count). The molecular weight excluding hydrogens is 428 g/mol. The van der Waals surface area contributed by atoms with Crippen LogP contribution in [0.4, 0.5) is 0 Å². The molecule has 1 atom stereocenters. The summed E-state index contributed by atoms with van der Waals surface area (Å²) in [5.41, 5.74) is 4.31. The van der Waals surface area contributed by atoms with Gasteiger partial charge in [-0.25, -0.2) is 4.98 Å². The lowest BCUT2D eigenvalue weighted by Gasteiger charge is -2.43. The molecule has 0 amide bonds. The van der Waals surface area contributed by atoms with Crippen molar-refractivity contribution in [2.45, 2.75) is 32.7 Å². The van der Waals surface area contributed by atoms with Crippen LogP contribution in [0.1, 0.15) is 31.0 Å². The number of benzene rings is 1. The van der Waals surface area contributed by atoms with E-state index in [0.29, 0.717) is 12.6 Å². The van der Waals surface area contributed by atoms with Gasteiger partial charge in [0.15, 0.2) is 5.84 Å². The first-order chi connectivity index (χ1) is 16.6. The number of piperazine rings is 1. The average Bonchev–Trinajstić information content (AvgIpc) is 3.31. The monoisotopic (exact) mass is 464 g/mol. The van der Waals surface area contributed by atoms with Crippen LogP contribution in [0.2, 0.25) is 0 Å². The first-order valence-corrected chi connectivity index (χ1v) is 12.5. The molecule has 2 saturated heterocycles. The highest BCUT2D eigenvalue weighted by Gasteiger charge is 2.33. The number of hydrogen-bond acceptors (Lipinski definition) is 7. The van der Waals surface area contributed by atoms with Crippen molar-refractivity contribution in [2.75, 3.05) is 59.5 Å². The van der Waals surface area contributed by atoms with Crippen LogP contribution in [0, 0.1) is 6.92 Å². The van der Waals surface area contributed by atoms with Crippen molar-refractivity contribution in [1.29, 1.82) is 0 Å². The van der Waals surface area contributed by atoms with Crippen LogP contribution in [0.15, 0.2) is 41.5 Å². The largest absolute Gasteiger partial charge is 0.495 e. The predicted molar refractivity (Wildman–Crippen MR) is 134 cm³/mol. The molecule has 1 aromatic heterocycles. The first kappa shape index (κ1) is 22.9. The molecule has 8 heteroatoms. The molecule has 0 radical (unpaired) electrons. The highest BCUT2D eigenvalue weighted by molar-refractivity contribution is 6.02. The number of ether oxygens (including phenoxy) is 1. The van der Waals surface area contributed by atoms with Gasteiger partial charge < -0.3 is 23.9 Å². The van der Waals surface area contributed by atoms with Crippen LogP contribution in [0.25, 0.3) is 11.8 Å². The molecule has 1 aromatic carbocycles. The van der Waals surface area contributed by atoms with E-state index in [1.165, 1.54) is 5.57 Å². The van der Waals surface area contributed by atoms with Crippen molar-refractivity contribution >= 4 is 11.9 Å². The standard InChI is InChI=1S/C26H36N6O2/c1-4-29-10-12-30(13-11-29)17-23-18-34-28-26-22(6-5-9-32(23)26)14-21-7-8-24(25(15-21)33-3)31-16-20(2)27-19-31/h7-8,14-16,19,23H,4-6,9-13,17-18H2,1-3H3/b22-14+/t23-/m0/s1. The number of amidine groups is 1. The Morgan fingerprint density at radius 2 is 1.97 bits per heavy atom. The van der Waals surface area contributed by atoms with Crippen LogP contribution in [0.3, 0.4) is 0 Å². The Morgan fingerprint density at radius 1 is 1.15 bits per heavy atom. The number of piperidine rings is 1. The fourth-order valence-electron chi connectivity index (χ4n) is 5.21. The Hall–Kier alpha value is -2.84. The molecule has 2 aromatic rings. The van der Waals surface area contributed by atoms with Crippen LogP contribution >= 0.6 is 0 Å². The second-order valence-electron chi connectivity index (χ2n) is 9.42. The lowest BCUT2D eigenvalue weighted by Crippen LogP contribution is -2.56. The molecule has 0 N–H and O–H groups in total. The lowest BCUT2D eigenvalue weighted by molar-refractivity contribution is 0.0309. The van der Waals surface area contributed by atoms with E-state index in [1.54, 1.807) is 7.11 Å². The fraction of sp³-hybridized carbons (Fsp3) is 0.538. The van der Waals surface area contributed by atoms with Gasteiger partial charge in [-0.3, -0.25) is 4.90 Å². The number of fused-ring (bicyclic) bond motifs is 1. The number of likely N-dealkylation sites (N-methyl/N-ethyl adjacent to an activating group) is 1. The van der Waals surface area contributed by atoms with Crippen molar-refractivity contribution in [3.05, 3.63) is 47.6 Å². The number of aryl methyl sites for hydroxylation is 1. The van der Waals surface area contributed by atoms with Gasteiger partial charge in [0.1, 0.15) is 12.4 Å². The zero-order chi connectivity index (χ0) is 23.5. The fourth-order valence-corrected chi connectivity index (χ4v) is 5.21. The van der Waals surface area contributed by atoms with Gasteiger partial charge >= 0.3 is 0 Å². The Kier molecular flexibility index (Phi) is 6.87. The normalized spacial score (nSPS) is 22.9. The number of aromatic nitrogens is 2. The summed E-state index contributed by atoms with van der Waals surface area (Å²) in [5, 5.41) is 4.51. The summed E-state index contributed by atoms with van der Waals surface area (Å²) >= 11 is 0. The highest BCUT2D eigenvalue weighted by atomic mass is 16.6. The third-order valence-electron chi connectivity index (χ3n) is 7.18. The van der Waals surface area contributed by atoms with Gasteiger partial charge in [0.05, 0.1) is 30.9 Å². The molecule has 182 valence electrons. The highest BCUT2D eigenvalue weighted by Crippen LogP contribution is 2.29. The van der Waals surface area contributed by atoms with Gasteiger partial charge in [0, 0.05) is 45.5 Å². The van der Waals surface area contributed by atoms with Crippen LogP contribution in [-0.2, 0) is 4.84 Å². The molecule has 34 heavy (non-hydrogen) atoms. The van der Waals surface area contributed by atoms with E-state index in [0.717, 1.165) is 87.2 Å². The van der Waals surface area contributed by atoms with E-state index in [9.17, 15) is 0 Å².